The number of carbonyl (C=O) groups excluding carboxylic acids is 2. The summed E-state index contributed by atoms with van der Waals surface area (Å²) in [6.07, 6.45) is 4.88. The number of rotatable bonds is 3. The fraction of sp³-hybridized carbons (Fsp3) is 0.571. The average molecular weight is 305 g/mol. The van der Waals surface area contributed by atoms with Gasteiger partial charge in [-0.15, -0.1) is 0 Å². The second kappa shape index (κ2) is 5.88. The molecule has 1 aromatic heterocycles. The molecule has 2 aliphatic heterocycles. The van der Waals surface area contributed by atoms with Gasteiger partial charge in [-0.05, 0) is 6.42 Å². The van der Waals surface area contributed by atoms with E-state index in [1.165, 1.54) is 5.01 Å². The summed E-state index contributed by atoms with van der Waals surface area (Å²) in [7, 11) is 3.40. The molecule has 0 saturated carbocycles. The van der Waals surface area contributed by atoms with E-state index in [1.807, 2.05) is 13.2 Å². The molecule has 118 valence electrons. The van der Waals surface area contributed by atoms with Crippen LogP contribution in [0.25, 0.3) is 0 Å². The van der Waals surface area contributed by atoms with Crippen LogP contribution in [0, 0.1) is 0 Å². The minimum atomic E-state index is -0.233. The fourth-order valence-electron chi connectivity index (χ4n) is 2.74. The van der Waals surface area contributed by atoms with Crippen molar-refractivity contribution >= 4 is 17.5 Å². The first-order chi connectivity index (χ1) is 10.5. The van der Waals surface area contributed by atoms with Crippen molar-refractivity contribution in [3.8, 4) is 0 Å². The summed E-state index contributed by atoms with van der Waals surface area (Å²) in [5.74, 6) is -0.308. The summed E-state index contributed by atoms with van der Waals surface area (Å²) in [6.45, 7) is 0.593. The normalized spacial score (nSPS) is 25.3. The van der Waals surface area contributed by atoms with E-state index in [0.29, 0.717) is 25.2 Å². The van der Waals surface area contributed by atoms with Gasteiger partial charge in [0.2, 0.25) is 5.91 Å². The first-order valence-electron chi connectivity index (χ1n) is 7.29. The average Bonchev–Trinajstić information content (AvgIpc) is 3.10. The van der Waals surface area contributed by atoms with Crippen LogP contribution in [0.4, 0.5) is 0 Å². The lowest BCUT2D eigenvalue weighted by atomic mass is 10.0. The standard InChI is InChI=1S/C14H19N5O3/c1-18-8-9(7-15-18)13-10(5-6-22-13)16-14(21)11-3-4-12(20)19(2)17-11/h7-8,10,13H,3-6H2,1-2H3,(H,16,21)/t10-,13+/m0/s1. The predicted octanol–water partition coefficient (Wildman–Crippen LogP) is -0.0255. The number of carbonyl (C=O) groups is 2. The lowest BCUT2D eigenvalue weighted by molar-refractivity contribution is -0.130. The van der Waals surface area contributed by atoms with Gasteiger partial charge in [0, 0.05) is 45.3 Å². The molecule has 1 aromatic rings. The molecule has 3 rings (SSSR count). The van der Waals surface area contributed by atoms with Crippen molar-refractivity contribution in [3.05, 3.63) is 18.0 Å². The van der Waals surface area contributed by atoms with E-state index < -0.39 is 0 Å². The number of amides is 2. The Morgan fingerprint density at radius 3 is 2.91 bits per heavy atom. The Bertz CT molecular complexity index is 624. The van der Waals surface area contributed by atoms with Crippen molar-refractivity contribution in [2.45, 2.75) is 31.4 Å². The summed E-state index contributed by atoms with van der Waals surface area (Å²) >= 11 is 0. The van der Waals surface area contributed by atoms with Crippen LogP contribution in [-0.4, -0.2) is 52.0 Å². The number of aromatic nitrogens is 2. The van der Waals surface area contributed by atoms with Crippen LogP contribution in [0.3, 0.4) is 0 Å². The number of ether oxygens (including phenoxy) is 1. The van der Waals surface area contributed by atoms with Gasteiger partial charge in [-0.3, -0.25) is 14.3 Å². The van der Waals surface area contributed by atoms with Crippen molar-refractivity contribution in [3.63, 3.8) is 0 Å². The van der Waals surface area contributed by atoms with Gasteiger partial charge >= 0.3 is 0 Å². The number of aryl methyl sites for hydroxylation is 1. The van der Waals surface area contributed by atoms with Crippen molar-refractivity contribution in [1.29, 1.82) is 0 Å². The first-order valence-corrected chi connectivity index (χ1v) is 7.29. The van der Waals surface area contributed by atoms with E-state index in [9.17, 15) is 9.59 Å². The zero-order valence-electron chi connectivity index (χ0n) is 12.7. The summed E-state index contributed by atoms with van der Waals surface area (Å²) in [5.41, 5.74) is 1.34. The lowest BCUT2D eigenvalue weighted by Crippen LogP contribution is -2.43. The molecule has 1 N–H and O–H groups in total. The minimum Gasteiger partial charge on any atom is -0.371 e. The van der Waals surface area contributed by atoms with Crippen LogP contribution in [0.5, 0.6) is 0 Å². The molecule has 8 nitrogen and oxygen atoms in total. The zero-order chi connectivity index (χ0) is 15.7. The van der Waals surface area contributed by atoms with Gasteiger partial charge in [-0.25, -0.2) is 5.01 Å². The maximum Gasteiger partial charge on any atom is 0.267 e. The van der Waals surface area contributed by atoms with Crippen LogP contribution in [-0.2, 0) is 21.4 Å². The Hall–Kier alpha value is -2.22. The van der Waals surface area contributed by atoms with Gasteiger partial charge in [0.25, 0.3) is 5.91 Å². The van der Waals surface area contributed by atoms with Gasteiger partial charge in [-0.2, -0.15) is 10.2 Å². The Labute approximate surface area is 128 Å². The highest BCUT2D eigenvalue weighted by molar-refractivity contribution is 6.39. The van der Waals surface area contributed by atoms with Gasteiger partial charge < -0.3 is 10.1 Å². The summed E-state index contributed by atoms with van der Waals surface area (Å²) in [6, 6.07) is -0.109. The highest BCUT2D eigenvalue weighted by Crippen LogP contribution is 2.28. The third-order valence-electron chi connectivity index (χ3n) is 3.93. The predicted molar refractivity (Wildman–Crippen MR) is 77.9 cm³/mol. The number of hydrogen-bond donors (Lipinski definition) is 1. The van der Waals surface area contributed by atoms with E-state index in [2.05, 4.69) is 15.5 Å². The maximum atomic E-state index is 12.3. The van der Waals surface area contributed by atoms with Gasteiger partial charge in [0.1, 0.15) is 11.8 Å². The molecule has 1 fully saturated rings. The Morgan fingerprint density at radius 2 is 2.23 bits per heavy atom. The molecule has 0 aromatic carbocycles. The van der Waals surface area contributed by atoms with Crippen molar-refractivity contribution in [2.75, 3.05) is 13.7 Å². The number of nitrogens with zero attached hydrogens (tertiary/aromatic N) is 4. The maximum absolute atomic E-state index is 12.3. The van der Waals surface area contributed by atoms with E-state index >= 15 is 0 Å². The van der Waals surface area contributed by atoms with E-state index in [1.54, 1.807) is 17.9 Å². The van der Waals surface area contributed by atoms with E-state index in [0.717, 1.165) is 12.0 Å². The molecule has 0 spiro atoms. The molecule has 1 saturated heterocycles. The molecule has 0 radical (unpaired) electrons. The van der Waals surface area contributed by atoms with Crippen LogP contribution in [0.1, 0.15) is 30.9 Å². The largest absolute Gasteiger partial charge is 0.371 e. The Balaban J connectivity index is 1.68. The summed E-state index contributed by atoms with van der Waals surface area (Å²) in [4.78, 5) is 23.7. The third-order valence-corrected chi connectivity index (χ3v) is 3.93. The van der Waals surface area contributed by atoms with Crippen LogP contribution in [0.15, 0.2) is 17.5 Å². The molecule has 8 heteroatoms. The monoisotopic (exact) mass is 305 g/mol. The summed E-state index contributed by atoms with van der Waals surface area (Å²) < 4.78 is 7.43. The Morgan fingerprint density at radius 1 is 1.41 bits per heavy atom. The molecular formula is C14H19N5O3. The second-order valence-electron chi connectivity index (χ2n) is 5.57. The number of hydrazone groups is 1. The molecule has 3 heterocycles. The summed E-state index contributed by atoms with van der Waals surface area (Å²) in [5, 5.41) is 12.4. The molecule has 0 aliphatic carbocycles. The SMILES string of the molecule is CN1N=C(C(=O)N[C@H]2CCO[C@@H]2c2cnn(C)c2)CCC1=O. The first kappa shape index (κ1) is 14.7. The number of hydrogen-bond acceptors (Lipinski definition) is 5. The van der Waals surface area contributed by atoms with Gasteiger partial charge in [0.15, 0.2) is 0 Å². The van der Waals surface area contributed by atoms with Crippen molar-refractivity contribution in [2.24, 2.45) is 12.1 Å². The van der Waals surface area contributed by atoms with Crippen LogP contribution in [0.2, 0.25) is 0 Å². The molecule has 2 aliphatic rings. The second-order valence-corrected chi connectivity index (χ2v) is 5.57. The molecule has 22 heavy (non-hydrogen) atoms. The lowest BCUT2D eigenvalue weighted by Gasteiger charge is -2.22. The highest BCUT2D eigenvalue weighted by atomic mass is 16.5. The molecule has 2 amide bonds. The third kappa shape index (κ3) is 2.87. The van der Waals surface area contributed by atoms with Crippen LogP contribution < -0.4 is 5.32 Å². The van der Waals surface area contributed by atoms with Gasteiger partial charge in [-0.1, -0.05) is 0 Å². The van der Waals surface area contributed by atoms with E-state index in [-0.39, 0.29) is 24.0 Å². The van der Waals surface area contributed by atoms with Crippen molar-refractivity contribution < 1.29 is 14.3 Å². The molecule has 0 bridgehead atoms. The number of nitrogens with one attached hydrogen (secondary N) is 1. The van der Waals surface area contributed by atoms with E-state index in [4.69, 9.17) is 4.74 Å². The topological polar surface area (TPSA) is 88.8 Å². The molecular weight excluding hydrogens is 286 g/mol. The molecule has 2 atom stereocenters. The molecule has 0 unspecified atom stereocenters. The quantitative estimate of drug-likeness (QED) is 0.849. The Kier molecular flexibility index (Phi) is 3.93. The fourth-order valence-corrected chi connectivity index (χ4v) is 2.74. The zero-order valence-corrected chi connectivity index (χ0v) is 12.7. The van der Waals surface area contributed by atoms with Crippen molar-refractivity contribution in [1.82, 2.24) is 20.1 Å². The minimum absolute atomic E-state index is 0.0750. The van der Waals surface area contributed by atoms with Crippen LogP contribution >= 0.6 is 0 Å². The smallest absolute Gasteiger partial charge is 0.267 e. The highest BCUT2D eigenvalue weighted by Gasteiger charge is 2.33. The van der Waals surface area contributed by atoms with Gasteiger partial charge in [0.05, 0.1) is 12.2 Å².